The molecule has 2 amide bonds. The normalized spacial score (nSPS) is 10.3. The van der Waals surface area contributed by atoms with Crippen LogP contribution in [0, 0.1) is 0 Å². The molecule has 0 bridgehead atoms. The van der Waals surface area contributed by atoms with E-state index in [-0.39, 0.29) is 25.0 Å². The van der Waals surface area contributed by atoms with Crippen molar-refractivity contribution in [3.8, 4) is 0 Å². The summed E-state index contributed by atoms with van der Waals surface area (Å²) in [5.74, 6) is -0.335. The van der Waals surface area contributed by atoms with Crippen LogP contribution >= 0.6 is 0 Å². The molecule has 118 valence electrons. The summed E-state index contributed by atoms with van der Waals surface area (Å²) in [7, 11) is 2.93. The standard InChI is InChI=1S/C12H24N2O6/c1-17-9-11(15)13-3-5-19-7-8-20-6-4-14-12(16)10-18-2/h3-10H2,1-2H3,(H,13,15)(H,14,16). The van der Waals surface area contributed by atoms with Crippen LogP contribution in [0.5, 0.6) is 0 Å². The lowest BCUT2D eigenvalue weighted by molar-refractivity contribution is -0.125. The van der Waals surface area contributed by atoms with Crippen molar-refractivity contribution in [3.05, 3.63) is 0 Å². The molecule has 0 aromatic heterocycles. The first kappa shape index (κ1) is 18.8. The monoisotopic (exact) mass is 292 g/mol. The average Bonchev–Trinajstić information content (AvgIpc) is 2.41. The Hall–Kier alpha value is -1.22. The maximum absolute atomic E-state index is 11.0. The topological polar surface area (TPSA) is 95.1 Å². The molecule has 0 aromatic carbocycles. The second-order valence-corrected chi connectivity index (χ2v) is 3.79. The minimum absolute atomic E-state index is 0.0535. The lowest BCUT2D eigenvalue weighted by atomic mass is 10.6. The molecule has 0 heterocycles. The third-order valence-corrected chi connectivity index (χ3v) is 2.06. The highest BCUT2D eigenvalue weighted by Gasteiger charge is 1.99. The Balaban J connectivity index is 3.13. The van der Waals surface area contributed by atoms with Gasteiger partial charge in [-0.2, -0.15) is 0 Å². The molecule has 0 atom stereocenters. The summed E-state index contributed by atoms with van der Waals surface area (Å²) in [6, 6.07) is 0. The van der Waals surface area contributed by atoms with Crippen molar-refractivity contribution in [3.63, 3.8) is 0 Å². The lowest BCUT2D eigenvalue weighted by Crippen LogP contribution is -2.31. The quantitative estimate of drug-likeness (QED) is 0.403. The number of carbonyl (C=O) groups excluding carboxylic acids is 2. The molecule has 0 aliphatic rings. The predicted octanol–water partition coefficient (Wildman–Crippen LogP) is -1.46. The second-order valence-electron chi connectivity index (χ2n) is 3.79. The number of rotatable bonds is 13. The SMILES string of the molecule is COCC(=O)NCCOCCOCCNC(=O)COC. The Morgan fingerprint density at radius 1 is 0.750 bits per heavy atom. The molecular formula is C12H24N2O6. The molecular weight excluding hydrogens is 268 g/mol. The number of methoxy groups -OCH3 is 2. The Bertz CT molecular complexity index is 236. The van der Waals surface area contributed by atoms with Crippen molar-refractivity contribution in [2.75, 3.05) is 67.0 Å². The van der Waals surface area contributed by atoms with Crippen LogP contribution < -0.4 is 10.6 Å². The molecule has 0 rings (SSSR count). The van der Waals surface area contributed by atoms with Gasteiger partial charge in [-0.15, -0.1) is 0 Å². The van der Waals surface area contributed by atoms with Gasteiger partial charge in [0.1, 0.15) is 13.2 Å². The van der Waals surface area contributed by atoms with Crippen molar-refractivity contribution in [2.24, 2.45) is 0 Å². The molecule has 0 radical (unpaired) electrons. The van der Waals surface area contributed by atoms with Crippen LogP contribution in [0.25, 0.3) is 0 Å². The first-order valence-corrected chi connectivity index (χ1v) is 6.37. The van der Waals surface area contributed by atoms with Crippen LogP contribution in [0.3, 0.4) is 0 Å². The maximum atomic E-state index is 11.0. The number of hydrogen-bond donors (Lipinski definition) is 2. The van der Waals surface area contributed by atoms with Crippen molar-refractivity contribution >= 4 is 11.8 Å². The molecule has 8 heteroatoms. The fourth-order valence-electron chi connectivity index (χ4n) is 1.21. The predicted molar refractivity (Wildman–Crippen MR) is 71.4 cm³/mol. The van der Waals surface area contributed by atoms with Crippen LogP contribution in [-0.2, 0) is 28.5 Å². The smallest absolute Gasteiger partial charge is 0.246 e. The Morgan fingerprint density at radius 2 is 1.15 bits per heavy atom. The first-order chi connectivity index (χ1) is 9.70. The Morgan fingerprint density at radius 3 is 1.50 bits per heavy atom. The van der Waals surface area contributed by atoms with Crippen molar-refractivity contribution in [1.29, 1.82) is 0 Å². The number of carbonyl (C=O) groups is 2. The van der Waals surface area contributed by atoms with Crippen molar-refractivity contribution < 1.29 is 28.5 Å². The largest absolute Gasteiger partial charge is 0.377 e. The van der Waals surface area contributed by atoms with Gasteiger partial charge in [0, 0.05) is 27.3 Å². The van der Waals surface area contributed by atoms with E-state index >= 15 is 0 Å². The fraction of sp³-hybridized carbons (Fsp3) is 0.833. The van der Waals surface area contributed by atoms with E-state index in [1.54, 1.807) is 0 Å². The zero-order valence-corrected chi connectivity index (χ0v) is 12.1. The summed E-state index contributed by atoms with van der Waals surface area (Å²) in [5.41, 5.74) is 0. The van der Waals surface area contributed by atoms with Gasteiger partial charge in [0.2, 0.25) is 11.8 Å². The highest BCUT2D eigenvalue weighted by atomic mass is 16.5. The summed E-state index contributed by atoms with van der Waals surface area (Å²) in [5, 5.41) is 5.26. The molecule has 2 N–H and O–H groups in total. The molecule has 0 aliphatic heterocycles. The molecule has 0 aliphatic carbocycles. The molecule has 20 heavy (non-hydrogen) atoms. The van der Waals surface area contributed by atoms with E-state index in [2.05, 4.69) is 20.1 Å². The van der Waals surface area contributed by atoms with Gasteiger partial charge in [0.15, 0.2) is 0 Å². The molecule has 0 unspecified atom stereocenters. The third-order valence-electron chi connectivity index (χ3n) is 2.06. The van der Waals surface area contributed by atoms with Gasteiger partial charge in [-0.05, 0) is 0 Å². The molecule has 0 aromatic rings. The van der Waals surface area contributed by atoms with E-state index in [0.29, 0.717) is 39.5 Å². The number of nitrogens with one attached hydrogen (secondary N) is 2. The zero-order valence-electron chi connectivity index (χ0n) is 12.1. The van der Waals surface area contributed by atoms with E-state index in [4.69, 9.17) is 9.47 Å². The lowest BCUT2D eigenvalue weighted by Gasteiger charge is -2.07. The van der Waals surface area contributed by atoms with Crippen LogP contribution in [0.2, 0.25) is 0 Å². The van der Waals surface area contributed by atoms with Gasteiger partial charge in [-0.1, -0.05) is 0 Å². The van der Waals surface area contributed by atoms with Gasteiger partial charge in [-0.3, -0.25) is 9.59 Å². The molecule has 0 spiro atoms. The highest BCUT2D eigenvalue weighted by molar-refractivity contribution is 5.77. The Labute approximate surface area is 119 Å². The summed E-state index contributed by atoms with van der Waals surface area (Å²) >= 11 is 0. The van der Waals surface area contributed by atoms with Gasteiger partial charge in [0.05, 0.1) is 26.4 Å². The van der Waals surface area contributed by atoms with Gasteiger partial charge >= 0.3 is 0 Å². The van der Waals surface area contributed by atoms with Crippen LogP contribution in [-0.4, -0.2) is 78.8 Å². The first-order valence-electron chi connectivity index (χ1n) is 6.37. The summed E-state index contributed by atoms with van der Waals surface area (Å²) < 4.78 is 19.8. The van der Waals surface area contributed by atoms with Crippen molar-refractivity contribution in [1.82, 2.24) is 10.6 Å². The zero-order chi connectivity index (χ0) is 15.1. The van der Waals surface area contributed by atoms with Crippen LogP contribution in [0.4, 0.5) is 0 Å². The minimum Gasteiger partial charge on any atom is -0.377 e. The van der Waals surface area contributed by atoms with Gasteiger partial charge in [0.25, 0.3) is 0 Å². The maximum Gasteiger partial charge on any atom is 0.246 e. The van der Waals surface area contributed by atoms with Gasteiger partial charge < -0.3 is 29.6 Å². The molecule has 0 saturated heterocycles. The van der Waals surface area contributed by atoms with E-state index < -0.39 is 0 Å². The molecule has 0 fully saturated rings. The van der Waals surface area contributed by atoms with E-state index in [9.17, 15) is 9.59 Å². The minimum atomic E-state index is -0.167. The van der Waals surface area contributed by atoms with Gasteiger partial charge in [-0.25, -0.2) is 0 Å². The van der Waals surface area contributed by atoms with Crippen LogP contribution in [0.1, 0.15) is 0 Å². The molecule has 8 nitrogen and oxygen atoms in total. The van der Waals surface area contributed by atoms with E-state index in [1.165, 1.54) is 14.2 Å². The molecule has 0 saturated carbocycles. The Kier molecular flexibility index (Phi) is 13.3. The van der Waals surface area contributed by atoms with Crippen LogP contribution in [0.15, 0.2) is 0 Å². The third kappa shape index (κ3) is 13.2. The second kappa shape index (κ2) is 14.2. The number of amides is 2. The summed E-state index contributed by atoms with van der Waals surface area (Å²) in [4.78, 5) is 22.0. The van der Waals surface area contributed by atoms with E-state index in [1.807, 2.05) is 0 Å². The fourth-order valence-corrected chi connectivity index (χ4v) is 1.21. The summed E-state index contributed by atoms with van der Waals surface area (Å²) in [6.07, 6.45) is 0. The average molecular weight is 292 g/mol. The van der Waals surface area contributed by atoms with Crippen molar-refractivity contribution in [2.45, 2.75) is 0 Å². The van der Waals surface area contributed by atoms with E-state index in [0.717, 1.165) is 0 Å². The summed E-state index contributed by atoms with van der Waals surface area (Å²) in [6.45, 7) is 2.70. The highest BCUT2D eigenvalue weighted by Crippen LogP contribution is 1.79. The number of ether oxygens (including phenoxy) is 4. The number of hydrogen-bond acceptors (Lipinski definition) is 6.